The molecule has 1 aliphatic rings. The van der Waals surface area contributed by atoms with Gasteiger partial charge < -0.3 is 10.5 Å². The molecule has 4 nitrogen and oxygen atoms in total. The van der Waals surface area contributed by atoms with Crippen LogP contribution in [0.3, 0.4) is 0 Å². The van der Waals surface area contributed by atoms with Gasteiger partial charge in [-0.1, -0.05) is 11.6 Å². The lowest BCUT2D eigenvalue weighted by molar-refractivity contribution is 0.147. The molecule has 2 aromatic rings. The summed E-state index contributed by atoms with van der Waals surface area (Å²) >= 11 is 6.32. The van der Waals surface area contributed by atoms with Crippen LogP contribution in [-0.2, 0) is 0 Å². The van der Waals surface area contributed by atoms with E-state index in [2.05, 4.69) is 10.2 Å². The van der Waals surface area contributed by atoms with Gasteiger partial charge in [0.05, 0.1) is 22.8 Å². The molecule has 1 fully saturated rings. The van der Waals surface area contributed by atoms with Gasteiger partial charge in [-0.05, 0) is 37.8 Å². The molecule has 0 saturated heterocycles. The molecule has 1 aromatic heterocycles. The number of halogens is 2. The smallest absolute Gasteiger partial charge is 0.139 e. The summed E-state index contributed by atoms with van der Waals surface area (Å²) < 4.78 is 5.98. The Morgan fingerprint density at radius 2 is 2.00 bits per heavy atom. The Balaban J connectivity index is 0.00000133. The second kappa shape index (κ2) is 5.99. The predicted molar refractivity (Wildman–Crippen MR) is 79.2 cm³/mol. The number of rotatable bonds is 2. The topological polar surface area (TPSA) is 63.9 Å². The van der Waals surface area contributed by atoms with Crippen LogP contribution >= 0.6 is 24.0 Å². The summed E-state index contributed by atoms with van der Waals surface area (Å²) in [4.78, 5) is 0. The van der Waals surface area contributed by atoms with E-state index in [4.69, 9.17) is 22.1 Å². The molecule has 1 aromatic carbocycles. The Kier molecular flexibility index (Phi) is 4.55. The lowest BCUT2D eigenvalue weighted by atomic mass is 9.94. The second-order valence-corrected chi connectivity index (χ2v) is 5.24. The molecule has 0 bridgehead atoms. The third-order valence-corrected chi connectivity index (χ3v) is 3.93. The third-order valence-electron chi connectivity index (χ3n) is 3.54. The average Bonchev–Trinajstić information content (AvgIpc) is 2.84. The highest BCUT2D eigenvalue weighted by Gasteiger charge is 2.21. The van der Waals surface area contributed by atoms with E-state index in [1.165, 1.54) is 0 Å². The van der Waals surface area contributed by atoms with Crippen molar-refractivity contribution in [2.24, 2.45) is 5.73 Å². The molecular weight excluding hydrogens is 285 g/mol. The highest BCUT2D eigenvalue weighted by atomic mass is 35.5. The number of ether oxygens (including phenoxy) is 1. The third kappa shape index (κ3) is 2.96. The fourth-order valence-corrected chi connectivity index (χ4v) is 2.70. The standard InChI is InChI=1S/C13H16ClN3O.ClH/c14-13-10-7-16-17-11(10)5-6-12(13)18-9-3-1-8(15)2-4-9;/h5-9H,1-4,15H2,(H,16,17);1H/t8-,9+;. The van der Waals surface area contributed by atoms with Crippen LogP contribution in [0.4, 0.5) is 0 Å². The van der Waals surface area contributed by atoms with Gasteiger partial charge in [-0.25, -0.2) is 0 Å². The van der Waals surface area contributed by atoms with Crippen molar-refractivity contribution in [2.75, 3.05) is 0 Å². The van der Waals surface area contributed by atoms with Crippen LogP contribution in [0.5, 0.6) is 5.75 Å². The molecular formula is C13H17Cl2N3O. The number of hydrogen-bond acceptors (Lipinski definition) is 3. The number of aromatic amines is 1. The van der Waals surface area contributed by atoms with Crippen molar-refractivity contribution in [3.05, 3.63) is 23.4 Å². The highest BCUT2D eigenvalue weighted by Crippen LogP contribution is 2.34. The zero-order chi connectivity index (χ0) is 12.5. The SMILES string of the molecule is Cl.N[C@H]1CC[C@@H](Oc2ccc3[nH]ncc3c2Cl)CC1. The molecule has 104 valence electrons. The van der Waals surface area contributed by atoms with Crippen LogP contribution in [0, 0.1) is 0 Å². The maximum absolute atomic E-state index is 6.32. The van der Waals surface area contributed by atoms with Gasteiger partial charge in [-0.3, -0.25) is 5.10 Å². The molecule has 19 heavy (non-hydrogen) atoms. The molecule has 0 radical (unpaired) electrons. The van der Waals surface area contributed by atoms with E-state index in [0.717, 1.165) is 42.3 Å². The molecule has 3 rings (SSSR count). The number of nitrogens with two attached hydrogens (primary N) is 1. The maximum atomic E-state index is 6.32. The van der Waals surface area contributed by atoms with Crippen LogP contribution in [-0.4, -0.2) is 22.3 Å². The van der Waals surface area contributed by atoms with E-state index in [0.29, 0.717) is 11.1 Å². The molecule has 3 N–H and O–H groups in total. The first-order chi connectivity index (χ1) is 8.74. The minimum atomic E-state index is 0. The first-order valence-corrected chi connectivity index (χ1v) is 6.65. The van der Waals surface area contributed by atoms with Gasteiger partial charge in [-0.2, -0.15) is 5.10 Å². The zero-order valence-electron chi connectivity index (χ0n) is 10.4. The first kappa shape index (κ1) is 14.4. The normalized spacial score (nSPS) is 23.1. The summed E-state index contributed by atoms with van der Waals surface area (Å²) in [6.07, 6.45) is 6.00. The number of aromatic nitrogens is 2. The van der Waals surface area contributed by atoms with Gasteiger partial charge in [0.1, 0.15) is 5.75 Å². The summed E-state index contributed by atoms with van der Waals surface area (Å²) in [5.74, 6) is 0.742. The molecule has 0 atom stereocenters. The van der Waals surface area contributed by atoms with Gasteiger partial charge in [0, 0.05) is 11.4 Å². The highest BCUT2D eigenvalue weighted by molar-refractivity contribution is 6.36. The van der Waals surface area contributed by atoms with Crippen molar-refractivity contribution in [1.29, 1.82) is 0 Å². The van der Waals surface area contributed by atoms with E-state index < -0.39 is 0 Å². The first-order valence-electron chi connectivity index (χ1n) is 6.28. The van der Waals surface area contributed by atoms with Crippen LogP contribution in [0.25, 0.3) is 10.9 Å². The van der Waals surface area contributed by atoms with E-state index in [1.54, 1.807) is 6.20 Å². The Labute approximate surface area is 123 Å². The largest absolute Gasteiger partial charge is 0.489 e. The van der Waals surface area contributed by atoms with Crippen LogP contribution in [0.15, 0.2) is 18.3 Å². The monoisotopic (exact) mass is 301 g/mol. The molecule has 0 amide bonds. The molecule has 1 heterocycles. The van der Waals surface area contributed by atoms with E-state index in [9.17, 15) is 0 Å². The molecule has 6 heteroatoms. The summed E-state index contributed by atoms with van der Waals surface area (Å²) in [6.45, 7) is 0. The van der Waals surface area contributed by atoms with Crippen molar-refractivity contribution < 1.29 is 4.74 Å². The fourth-order valence-electron chi connectivity index (χ4n) is 2.44. The van der Waals surface area contributed by atoms with Gasteiger partial charge in [-0.15, -0.1) is 12.4 Å². The van der Waals surface area contributed by atoms with E-state index in [-0.39, 0.29) is 18.5 Å². The van der Waals surface area contributed by atoms with Gasteiger partial charge >= 0.3 is 0 Å². The van der Waals surface area contributed by atoms with Crippen LogP contribution in [0.1, 0.15) is 25.7 Å². The average molecular weight is 302 g/mol. The van der Waals surface area contributed by atoms with Crippen molar-refractivity contribution >= 4 is 34.9 Å². The van der Waals surface area contributed by atoms with Crippen molar-refractivity contribution in [3.63, 3.8) is 0 Å². The number of nitrogens with one attached hydrogen (secondary N) is 1. The predicted octanol–water partition coefficient (Wildman–Crippen LogP) is 3.29. The van der Waals surface area contributed by atoms with Crippen molar-refractivity contribution in [1.82, 2.24) is 10.2 Å². The number of nitrogens with zero attached hydrogens (tertiary/aromatic N) is 1. The Hall–Kier alpha value is -0.970. The molecule has 1 saturated carbocycles. The zero-order valence-corrected chi connectivity index (χ0v) is 12.0. The molecule has 0 spiro atoms. The quantitative estimate of drug-likeness (QED) is 0.894. The molecule has 0 aliphatic heterocycles. The maximum Gasteiger partial charge on any atom is 0.139 e. The lowest BCUT2D eigenvalue weighted by Crippen LogP contribution is -2.31. The van der Waals surface area contributed by atoms with Crippen molar-refractivity contribution in [2.45, 2.75) is 37.8 Å². The summed E-state index contributed by atoms with van der Waals surface area (Å²) in [5, 5.41) is 8.41. The van der Waals surface area contributed by atoms with Gasteiger partial charge in [0.15, 0.2) is 0 Å². The second-order valence-electron chi connectivity index (χ2n) is 4.86. The lowest BCUT2D eigenvalue weighted by Gasteiger charge is -2.27. The van der Waals surface area contributed by atoms with Gasteiger partial charge in [0.25, 0.3) is 0 Å². The minimum absolute atomic E-state index is 0. The molecule has 1 aliphatic carbocycles. The number of fused-ring (bicyclic) bond motifs is 1. The van der Waals surface area contributed by atoms with Crippen LogP contribution < -0.4 is 10.5 Å². The van der Waals surface area contributed by atoms with E-state index in [1.807, 2.05) is 12.1 Å². The number of H-pyrrole nitrogens is 1. The fraction of sp³-hybridized carbons (Fsp3) is 0.462. The Bertz CT molecular complexity index is 550. The van der Waals surface area contributed by atoms with Gasteiger partial charge in [0.2, 0.25) is 0 Å². The minimum Gasteiger partial charge on any atom is -0.489 e. The van der Waals surface area contributed by atoms with Crippen molar-refractivity contribution in [3.8, 4) is 5.75 Å². The summed E-state index contributed by atoms with van der Waals surface area (Å²) in [6, 6.07) is 4.17. The Morgan fingerprint density at radius 3 is 2.74 bits per heavy atom. The van der Waals surface area contributed by atoms with E-state index >= 15 is 0 Å². The summed E-state index contributed by atoms with van der Waals surface area (Å²) in [7, 11) is 0. The van der Waals surface area contributed by atoms with Crippen LogP contribution in [0.2, 0.25) is 5.02 Å². The Morgan fingerprint density at radius 1 is 1.26 bits per heavy atom. The summed E-state index contributed by atoms with van der Waals surface area (Å²) in [5.41, 5.74) is 6.82. The number of hydrogen-bond donors (Lipinski definition) is 2. The molecule has 0 unspecified atom stereocenters. The number of benzene rings is 1.